The van der Waals surface area contributed by atoms with Gasteiger partial charge >= 0.3 is 5.97 Å². The molecule has 0 aliphatic heterocycles. The van der Waals surface area contributed by atoms with E-state index in [1.165, 1.54) is 30.0 Å². The summed E-state index contributed by atoms with van der Waals surface area (Å²) in [6.07, 6.45) is 0. The zero-order valence-corrected chi connectivity index (χ0v) is 11.3. The van der Waals surface area contributed by atoms with Gasteiger partial charge in [-0.25, -0.2) is 9.18 Å². The number of carbonyl (C=O) groups is 1. The number of hydrogen-bond acceptors (Lipinski definition) is 2. The van der Waals surface area contributed by atoms with E-state index >= 15 is 0 Å². The van der Waals surface area contributed by atoms with Crippen LogP contribution in [0, 0.1) is 5.82 Å². The van der Waals surface area contributed by atoms with Gasteiger partial charge in [0.25, 0.3) is 0 Å². The van der Waals surface area contributed by atoms with Gasteiger partial charge < -0.3 is 5.11 Å². The molecule has 0 aliphatic rings. The van der Waals surface area contributed by atoms with Crippen LogP contribution in [0.25, 0.3) is 0 Å². The number of halogens is 2. The van der Waals surface area contributed by atoms with Crippen molar-refractivity contribution in [2.45, 2.75) is 10.6 Å². The number of thioether (sulfide) groups is 1. The average Bonchev–Trinajstić information content (AvgIpc) is 2.39. The van der Waals surface area contributed by atoms with E-state index in [4.69, 9.17) is 16.7 Å². The Balaban J connectivity index is 2.19. The summed E-state index contributed by atoms with van der Waals surface area (Å²) >= 11 is 7.44. The maximum atomic E-state index is 12.8. The molecule has 0 heterocycles. The van der Waals surface area contributed by atoms with Crippen LogP contribution >= 0.6 is 23.4 Å². The number of rotatable bonds is 4. The fourth-order valence-electron chi connectivity index (χ4n) is 1.59. The molecule has 0 amide bonds. The summed E-state index contributed by atoms with van der Waals surface area (Å²) in [5.74, 6) is -0.877. The summed E-state index contributed by atoms with van der Waals surface area (Å²) in [5, 5.41) is 9.53. The Hall–Kier alpha value is -1.52. The van der Waals surface area contributed by atoms with Gasteiger partial charge in [-0.1, -0.05) is 17.7 Å². The highest BCUT2D eigenvalue weighted by molar-refractivity contribution is 7.98. The molecular weight excluding hydrogens is 287 g/mol. The van der Waals surface area contributed by atoms with Crippen molar-refractivity contribution in [3.8, 4) is 0 Å². The van der Waals surface area contributed by atoms with Gasteiger partial charge in [0.15, 0.2) is 0 Å². The van der Waals surface area contributed by atoms with E-state index in [9.17, 15) is 9.18 Å². The Morgan fingerprint density at radius 3 is 2.53 bits per heavy atom. The summed E-state index contributed by atoms with van der Waals surface area (Å²) in [5.41, 5.74) is 0.771. The Bertz CT molecular complexity index is 599. The molecule has 2 aromatic rings. The fraction of sp³-hybridized carbons (Fsp3) is 0.0714. The summed E-state index contributed by atoms with van der Waals surface area (Å²) in [7, 11) is 0. The van der Waals surface area contributed by atoms with Gasteiger partial charge in [0.1, 0.15) is 5.82 Å². The first-order valence-corrected chi connectivity index (χ1v) is 6.83. The third-order valence-corrected chi connectivity index (χ3v) is 3.94. The van der Waals surface area contributed by atoms with E-state index < -0.39 is 5.97 Å². The third-order valence-electron chi connectivity index (χ3n) is 2.55. The highest BCUT2D eigenvalue weighted by Gasteiger charge is 2.13. The summed E-state index contributed by atoms with van der Waals surface area (Å²) < 4.78 is 12.8. The standard InChI is InChI=1S/C14H10ClFO2S/c15-13-3-1-2-11(14(17)18)12(13)8-19-10-6-4-9(16)5-7-10/h1-7H,8H2,(H,17,18). The Labute approximate surface area is 119 Å². The van der Waals surface area contributed by atoms with Gasteiger partial charge in [-0.3, -0.25) is 0 Å². The maximum absolute atomic E-state index is 12.8. The molecule has 0 aliphatic carbocycles. The quantitative estimate of drug-likeness (QED) is 0.846. The zero-order chi connectivity index (χ0) is 13.8. The van der Waals surface area contributed by atoms with Crippen LogP contribution in [0.4, 0.5) is 4.39 Å². The van der Waals surface area contributed by atoms with Gasteiger partial charge in [0.2, 0.25) is 0 Å². The minimum atomic E-state index is -1.00. The largest absolute Gasteiger partial charge is 0.478 e. The second kappa shape index (κ2) is 6.08. The zero-order valence-electron chi connectivity index (χ0n) is 9.77. The molecule has 0 bridgehead atoms. The molecule has 0 atom stereocenters. The fourth-order valence-corrected chi connectivity index (χ4v) is 2.86. The van der Waals surface area contributed by atoms with Crippen molar-refractivity contribution in [1.29, 1.82) is 0 Å². The van der Waals surface area contributed by atoms with Gasteiger partial charge in [-0.05, 0) is 42.0 Å². The molecule has 1 N–H and O–H groups in total. The molecule has 0 saturated heterocycles. The minimum Gasteiger partial charge on any atom is -0.478 e. The number of carboxylic acids is 1. The average molecular weight is 297 g/mol. The lowest BCUT2D eigenvalue weighted by Crippen LogP contribution is -2.02. The first-order chi connectivity index (χ1) is 9.08. The van der Waals surface area contributed by atoms with E-state index in [0.717, 1.165) is 4.90 Å². The van der Waals surface area contributed by atoms with Crippen LogP contribution in [0.15, 0.2) is 47.4 Å². The normalized spacial score (nSPS) is 10.4. The van der Waals surface area contributed by atoms with E-state index in [1.54, 1.807) is 24.3 Å². The van der Waals surface area contributed by atoms with Crippen LogP contribution in [0.5, 0.6) is 0 Å². The molecule has 0 unspecified atom stereocenters. The number of hydrogen-bond donors (Lipinski definition) is 1. The highest BCUT2D eigenvalue weighted by Crippen LogP contribution is 2.29. The maximum Gasteiger partial charge on any atom is 0.336 e. The monoisotopic (exact) mass is 296 g/mol. The van der Waals surface area contributed by atoms with Gasteiger partial charge in [0, 0.05) is 15.7 Å². The topological polar surface area (TPSA) is 37.3 Å². The molecule has 19 heavy (non-hydrogen) atoms. The second-order valence-electron chi connectivity index (χ2n) is 3.81. The number of carboxylic acid groups (broad SMARTS) is 1. The third kappa shape index (κ3) is 3.49. The molecule has 5 heteroatoms. The molecular formula is C14H10ClFO2S. The first kappa shape index (κ1) is 13.9. The highest BCUT2D eigenvalue weighted by atomic mass is 35.5. The van der Waals surface area contributed by atoms with Crippen molar-refractivity contribution in [3.05, 3.63) is 64.4 Å². The smallest absolute Gasteiger partial charge is 0.336 e. The molecule has 2 nitrogen and oxygen atoms in total. The number of benzene rings is 2. The van der Waals surface area contributed by atoms with Gasteiger partial charge in [0.05, 0.1) is 5.56 Å². The molecule has 0 radical (unpaired) electrons. The molecule has 2 rings (SSSR count). The van der Waals surface area contributed by atoms with E-state index in [1.807, 2.05) is 0 Å². The van der Waals surface area contributed by atoms with Crippen molar-refractivity contribution >= 4 is 29.3 Å². The van der Waals surface area contributed by atoms with Gasteiger partial charge in [-0.15, -0.1) is 11.8 Å². The lowest BCUT2D eigenvalue weighted by Gasteiger charge is -2.08. The molecule has 0 saturated carbocycles. The van der Waals surface area contributed by atoms with E-state index in [-0.39, 0.29) is 11.4 Å². The van der Waals surface area contributed by atoms with Crippen molar-refractivity contribution in [2.24, 2.45) is 0 Å². The SMILES string of the molecule is O=C(O)c1cccc(Cl)c1CSc1ccc(F)cc1. The Morgan fingerprint density at radius 1 is 1.21 bits per heavy atom. The molecule has 0 fully saturated rings. The van der Waals surface area contributed by atoms with Crippen LogP contribution in [0.3, 0.4) is 0 Å². The minimum absolute atomic E-state index is 0.196. The first-order valence-electron chi connectivity index (χ1n) is 5.47. The molecule has 0 spiro atoms. The Kier molecular flexibility index (Phi) is 4.45. The van der Waals surface area contributed by atoms with Crippen molar-refractivity contribution in [1.82, 2.24) is 0 Å². The predicted molar refractivity (Wildman–Crippen MR) is 74.4 cm³/mol. The molecule has 0 aromatic heterocycles. The van der Waals surface area contributed by atoms with E-state index in [2.05, 4.69) is 0 Å². The van der Waals surface area contributed by atoms with Crippen molar-refractivity contribution in [2.75, 3.05) is 0 Å². The lowest BCUT2D eigenvalue weighted by molar-refractivity contribution is 0.0696. The van der Waals surface area contributed by atoms with Crippen molar-refractivity contribution in [3.63, 3.8) is 0 Å². The van der Waals surface area contributed by atoms with Crippen LogP contribution in [-0.4, -0.2) is 11.1 Å². The Morgan fingerprint density at radius 2 is 1.89 bits per heavy atom. The number of aromatic carboxylic acids is 1. The van der Waals surface area contributed by atoms with Crippen LogP contribution in [0.2, 0.25) is 5.02 Å². The summed E-state index contributed by atoms with van der Waals surface area (Å²) in [6.45, 7) is 0. The van der Waals surface area contributed by atoms with E-state index in [0.29, 0.717) is 16.3 Å². The van der Waals surface area contributed by atoms with Crippen molar-refractivity contribution < 1.29 is 14.3 Å². The summed E-state index contributed by atoms with van der Waals surface area (Å²) in [4.78, 5) is 12.0. The van der Waals surface area contributed by atoms with Crippen LogP contribution < -0.4 is 0 Å². The second-order valence-corrected chi connectivity index (χ2v) is 5.27. The van der Waals surface area contributed by atoms with Gasteiger partial charge in [-0.2, -0.15) is 0 Å². The van der Waals surface area contributed by atoms with Crippen LogP contribution in [-0.2, 0) is 5.75 Å². The lowest BCUT2D eigenvalue weighted by atomic mass is 10.1. The molecule has 2 aromatic carbocycles. The molecule has 98 valence electrons. The predicted octanol–water partition coefficient (Wildman–Crippen LogP) is 4.47. The van der Waals surface area contributed by atoms with Crippen LogP contribution in [0.1, 0.15) is 15.9 Å². The summed E-state index contributed by atoms with van der Waals surface area (Å²) in [6, 6.07) is 10.8.